The number of hydrogen-bond acceptors (Lipinski definition) is 6. The van der Waals surface area contributed by atoms with Crippen LogP contribution in [0.15, 0.2) is 52.0 Å². The lowest BCUT2D eigenvalue weighted by atomic mass is 10.2. The Bertz CT molecular complexity index is 963. The van der Waals surface area contributed by atoms with Crippen LogP contribution >= 0.6 is 35.6 Å². The van der Waals surface area contributed by atoms with E-state index in [2.05, 4.69) is 20.4 Å². The smallest absolute Gasteiger partial charge is 0.228 e. The summed E-state index contributed by atoms with van der Waals surface area (Å²) in [7, 11) is 3.15. The van der Waals surface area contributed by atoms with Crippen LogP contribution in [0.4, 0.5) is 5.69 Å². The maximum absolute atomic E-state index is 5.93. The number of nitrogens with zero attached hydrogens (tertiary/aromatic N) is 3. The first-order valence-electron chi connectivity index (χ1n) is 8.46. The molecule has 8 nitrogen and oxygen atoms in total. The Morgan fingerprint density at radius 3 is 2.55 bits per heavy atom. The number of hydrogen-bond donors (Lipinski definition) is 2. The lowest BCUT2D eigenvalue weighted by molar-refractivity contribution is 0.355. The second-order valence-electron chi connectivity index (χ2n) is 5.73. The first-order valence-corrected chi connectivity index (χ1v) is 8.84. The summed E-state index contributed by atoms with van der Waals surface area (Å²) >= 11 is 5.88. The van der Waals surface area contributed by atoms with Crippen molar-refractivity contribution in [3.63, 3.8) is 0 Å². The highest BCUT2D eigenvalue weighted by Gasteiger charge is 2.09. The molecule has 0 aliphatic rings. The molecule has 0 aliphatic carbocycles. The van der Waals surface area contributed by atoms with E-state index in [0.29, 0.717) is 41.2 Å². The van der Waals surface area contributed by atoms with Crippen molar-refractivity contribution in [1.82, 2.24) is 10.1 Å². The van der Waals surface area contributed by atoms with Crippen LogP contribution in [0.1, 0.15) is 5.89 Å². The number of rotatable bonds is 7. The van der Waals surface area contributed by atoms with Crippen LogP contribution in [0.25, 0.3) is 11.4 Å². The SMILES string of the molecule is COc1ccc(NC(N)=NCCc2nc(-c3ccc(Cl)cc3)no2)cc1OC.I. The Balaban J connectivity index is 0.00000300. The van der Waals surface area contributed by atoms with Crippen LogP contribution in [0, 0.1) is 0 Å². The van der Waals surface area contributed by atoms with E-state index < -0.39 is 0 Å². The standard InChI is InChI=1S/C19H20ClN5O3.HI/c1-26-15-8-7-14(11-16(15)27-2)23-19(21)22-10-9-17-24-18(25-28-17)12-3-5-13(20)6-4-12;/h3-8,11H,9-10H2,1-2H3,(H3,21,22,23);1H. The van der Waals surface area contributed by atoms with E-state index in [1.54, 1.807) is 38.5 Å². The molecule has 0 aliphatic heterocycles. The summed E-state index contributed by atoms with van der Waals surface area (Å²) in [5.41, 5.74) is 7.50. The number of guanidine groups is 1. The van der Waals surface area contributed by atoms with E-state index in [4.69, 9.17) is 31.3 Å². The summed E-state index contributed by atoms with van der Waals surface area (Å²) < 4.78 is 15.7. The maximum Gasteiger partial charge on any atom is 0.228 e. The van der Waals surface area contributed by atoms with Gasteiger partial charge in [0, 0.05) is 28.8 Å². The molecule has 10 heteroatoms. The van der Waals surface area contributed by atoms with Gasteiger partial charge in [-0.25, -0.2) is 0 Å². The average Bonchev–Trinajstić information content (AvgIpc) is 3.17. The van der Waals surface area contributed by atoms with Gasteiger partial charge in [0.2, 0.25) is 11.7 Å². The number of aromatic nitrogens is 2. The fourth-order valence-corrected chi connectivity index (χ4v) is 2.57. The Morgan fingerprint density at radius 1 is 1.14 bits per heavy atom. The molecule has 1 heterocycles. The quantitative estimate of drug-likeness (QED) is 0.271. The van der Waals surface area contributed by atoms with Gasteiger partial charge >= 0.3 is 0 Å². The molecule has 0 atom stereocenters. The van der Waals surface area contributed by atoms with Gasteiger partial charge in [-0.15, -0.1) is 24.0 Å². The van der Waals surface area contributed by atoms with Gasteiger partial charge in [-0.2, -0.15) is 4.98 Å². The number of anilines is 1. The molecule has 1 aromatic heterocycles. The van der Waals surface area contributed by atoms with E-state index in [0.717, 1.165) is 11.3 Å². The average molecular weight is 530 g/mol. The van der Waals surface area contributed by atoms with Crippen molar-refractivity contribution in [3.05, 3.63) is 53.4 Å². The van der Waals surface area contributed by atoms with Crippen molar-refractivity contribution in [1.29, 1.82) is 0 Å². The van der Waals surface area contributed by atoms with E-state index in [1.165, 1.54) is 0 Å². The van der Waals surface area contributed by atoms with Gasteiger partial charge < -0.3 is 25.0 Å². The fraction of sp³-hybridized carbons (Fsp3) is 0.211. The van der Waals surface area contributed by atoms with Crippen LogP contribution in [-0.4, -0.2) is 36.9 Å². The molecule has 0 fully saturated rings. The molecule has 0 amide bonds. The van der Waals surface area contributed by atoms with Crippen molar-refractivity contribution in [2.45, 2.75) is 6.42 Å². The van der Waals surface area contributed by atoms with Gasteiger partial charge in [-0.05, 0) is 36.4 Å². The normalized spacial score (nSPS) is 10.9. The summed E-state index contributed by atoms with van der Waals surface area (Å²) in [6.45, 7) is 0.397. The predicted molar refractivity (Wildman–Crippen MR) is 124 cm³/mol. The summed E-state index contributed by atoms with van der Waals surface area (Å²) in [6.07, 6.45) is 0.467. The number of halogens is 2. The number of ether oxygens (including phenoxy) is 2. The molecule has 0 bridgehead atoms. The summed E-state index contributed by atoms with van der Waals surface area (Å²) in [5, 5.41) is 7.62. The zero-order chi connectivity index (χ0) is 19.9. The van der Waals surface area contributed by atoms with Crippen LogP contribution < -0.4 is 20.5 Å². The zero-order valence-electron chi connectivity index (χ0n) is 15.9. The predicted octanol–water partition coefficient (Wildman–Crippen LogP) is 3.99. The topological polar surface area (TPSA) is 108 Å². The molecule has 0 radical (unpaired) electrons. The second kappa shape index (κ2) is 10.9. The Kier molecular flexibility index (Phi) is 8.52. The van der Waals surface area contributed by atoms with E-state index in [1.807, 2.05) is 18.2 Å². The van der Waals surface area contributed by atoms with Gasteiger partial charge in [0.25, 0.3) is 0 Å². The summed E-state index contributed by atoms with van der Waals surface area (Å²) in [5.74, 6) is 2.49. The fourth-order valence-electron chi connectivity index (χ4n) is 2.45. The molecule has 29 heavy (non-hydrogen) atoms. The monoisotopic (exact) mass is 529 g/mol. The first kappa shape index (κ1) is 22.8. The Morgan fingerprint density at radius 2 is 1.86 bits per heavy atom. The highest BCUT2D eigenvalue weighted by atomic mass is 127. The van der Waals surface area contributed by atoms with Gasteiger partial charge in [0.1, 0.15) is 0 Å². The minimum atomic E-state index is 0. The van der Waals surface area contributed by atoms with Crippen molar-refractivity contribution >= 4 is 47.2 Å². The van der Waals surface area contributed by atoms with Gasteiger partial charge in [-0.1, -0.05) is 16.8 Å². The molecular weight excluding hydrogens is 509 g/mol. The van der Waals surface area contributed by atoms with Crippen molar-refractivity contribution in [2.75, 3.05) is 26.1 Å². The van der Waals surface area contributed by atoms with Crippen molar-refractivity contribution in [2.24, 2.45) is 10.7 Å². The van der Waals surface area contributed by atoms with E-state index in [9.17, 15) is 0 Å². The number of benzene rings is 2. The first-order chi connectivity index (χ1) is 13.6. The van der Waals surface area contributed by atoms with Gasteiger partial charge in [0.05, 0.1) is 20.8 Å². The third-order valence-electron chi connectivity index (χ3n) is 3.83. The molecule has 0 saturated carbocycles. The van der Waals surface area contributed by atoms with Crippen molar-refractivity contribution < 1.29 is 14.0 Å². The number of nitrogens with one attached hydrogen (secondary N) is 1. The Hall–Kier alpha value is -2.53. The molecule has 2 aromatic carbocycles. The summed E-state index contributed by atoms with van der Waals surface area (Å²) in [6, 6.07) is 12.6. The number of methoxy groups -OCH3 is 2. The third kappa shape index (κ3) is 6.23. The molecule has 3 aromatic rings. The maximum atomic E-state index is 5.93. The Labute approximate surface area is 190 Å². The van der Waals surface area contributed by atoms with Crippen molar-refractivity contribution in [3.8, 4) is 22.9 Å². The van der Waals surface area contributed by atoms with Crippen LogP contribution in [0.5, 0.6) is 11.5 Å². The van der Waals surface area contributed by atoms with Crippen LogP contribution in [-0.2, 0) is 6.42 Å². The number of nitrogens with two attached hydrogens (primary N) is 1. The van der Waals surface area contributed by atoms with E-state index >= 15 is 0 Å². The molecule has 0 spiro atoms. The van der Waals surface area contributed by atoms with Crippen LogP contribution in [0.2, 0.25) is 5.02 Å². The molecule has 0 unspecified atom stereocenters. The minimum absolute atomic E-state index is 0. The molecular formula is C19H21ClIN5O3. The number of aliphatic imine (C=N–C) groups is 1. The minimum Gasteiger partial charge on any atom is -0.493 e. The second-order valence-corrected chi connectivity index (χ2v) is 6.17. The lowest BCUT2D eigenvalue weighted by Gasteiger charge is -2.10. The van der Waals surface area contributed by atoms with Crippen LogP contribution in [0.3, 0.4) is 0 Å². The largest absolute Gasteiger partial charge is 0.493 e. The van der Waals surface area contributed by atoms with E-state index in [-0.39, 0.29) is 29.9 Å². The molecule has 154 valence electrons. The van der Waals surface area contributed by atoms with Gasteiger partial charge in [-0.3, -0.25) is 4.99 Å². The highest BCUT2D eigenvalue weighted by Crippen LogP contribution is 2.29. The molecule has 0 saturated heterocycles. The highest BCUT2D eigenvalue weighted by molar-refractivity contribution is 14.0. The lowest BCUT2D eigenvalue weighted by Crippen LogP contribution is -2.23. The summed E-state index contributed by atoms with van der Waals surface area (Å²) in [4.78, 5) is 8.62. The third-order valence-corrected chi connectivity index (χ3v) is 4.09. The zero-order valence-corrected chi connectivity index (χ0v) is 19.0. The van der Waals surface area contributed by atoms with Gasteiger partial charge in [0.15, 0.2) is 17.5 Å². The molecule has 3 rings (SSSR count). The molecule has 3 N–H and O–H groups in total.